The third-order valence-electron chi connectivity index (χ3n) is 3.48. The summed E-state index contributed by atoms with van der Waals surface area (Å²) in [5.41, 5.74) is 0.347. The number of allylic oxidation sites excluding steroid dienone is 1. The maximum Gasteiger partial charge on any atom is 0.246 e. The predicted molar refractivity (Wildman–Crippen MR) is 89.4 cm³/mol. The van der Waals surface area contributed by atoms with Crippen LogP contribution < -0.4 is 5.32 Å². The second-order valence-electron chi connectivity index (χ2n) is 5.03. The van der Waals surface area contributed by atoms with Crippen molar-refractivity contribution in [2.45, 2.75) is 0 Å². The minimum Gasteiger partial charge on any atom is -0.314 e. The number of fused-ring (bicyclic) bond motifs is 1. The van der Waals surface area contributed by atoms with Gasteiger partial charge in [0.25, 0.3) is 0 Å². The SMILES string of the molecule is N#C/C(=C/N1CC(=O)NC1=S)C(=O)c1ccc2ccccc2c1. The number of ketones is 1. The van der Waals surface area contributed by atoms with Crippen LogP contribution in [0.25, 0.3) is 10.8 Å². The highest BCUT2D eigenvalue weighted by atomic mass is 32.1. The zero-order chi connectivity index (χ0) is 16.4. The molecule has 0 saturated carbocycles. The van der Waals surface area contributed by atoms with Crippen LogP contribution in [-0.2, 0) is 4.79 Å². The van der Waals surface area contributed by atoms with Crippen LogP contribution in [0, 0.1) is 11.3 Å². The first-order chi connectivity index (χ1) is 11.1. The number of rotatable bonds is 3. The molecule has 1 N–H and O–H groups in total. The molecule has 23 heavy (non-hydrogen) atoms. The molecule has 1 fully saturated rings. The second-order valence-corrected chi connectivity index (χ2v) is 5.41. The zero-order valence-corrected chi connectivity index (χ0v) is 12.8. The number of hydrogen-bond acceptors (Lipinski definition) is 4. The molecule has 0 spiro atoms. The molecule has 2 aromatic rings. The Labute approximate surface area is 137 Å². The summed E-state index contributed by atoms with van der Waals surface area (Å²) in [6.45, 7) is 0.00894. The van der Waals surface area contributed by atoms with Gasteiger partial charge in [-0.2, -0.15) is 5.26 Å². The molecule has 1 amide bonds. The largest absolute Gasteiger partial charge is 0.314 e. The third-order valence-corrected chi connectivity index (χ3v) is 3.82. The monoisotopic (exact) mass is 321 g/mol. The van der Waals surface area contributed by atoms with Gasteiger partial charge in [0.2, 0.25) is 11.7 Å². The minimum absolute atomic E-state index is 0.00894. The van der Waals surface area contributed by atoms with Crippen LogP contribution in [0.5, 0.6) is 0 Å². The molecule has 2 aromatic carbocycles. The lowest BCUT2D eigenvalue weighted by atomic mass is 10.0. The number of Topliss-reactive ketones (excluding diaryl/α,β-unsaturated/α-hetero) is 1. The molecule has 0 bridgehead atoms. The van der Waals surface area contributed by atoms with Gasteiger partial charge in [-0.05, 0) is 29.1 Å². The van der Waals surface area contributed by atoms with Gasteiger partial charge in [0.05, 0.1) is 0 Å². The molecule has 0 aliphatic carbocycles. The van der Waals surface area contributed by atoms with Crippen molar-refractivity contribution in [3.63, 3.8) is 0 Å². The number of nitrogens with one attached hydrogen (secondary N) is 1. The van der Waals surface area contributed by atoms with Gasteiger partial charge >= 0.3 is 0 Å². The molecule has 1 aliphatic heterocycles. The Balaban J connectivity index is 1.94. The zero-order valence-electron chi connectivity index (χ0n) is 11.9. The van der Waals surface area contributed by atoms with Crippen molar-refractivity contribution >= 4 is 39.8 Å². The molecule has 0 unspecified atom stereocenters. The molecule has 5 nitrogen and oxygen atoms in total. The number of carbonyl (C=O) groups excluding carboxylic acids is 2. The van der Waals surface area contributed by atoms with Gasteiger partial charge in [0.1, 0.15) is 18.2 Å². The summed E-state index contributed by atoms with van der Waals surface area (Å²) < 4.78 is 0. The van der Waals surface area contributed by atoms with Crippen LogP contribution >= 0.6 is 12.2 Å². The van der Waals surface area contributed by atoms with Crippen molar-refractivity contribution in [2.24, 2.45) is 0 Å². The quantitative estimate of drug-likeness (QED) is 0.406. The summed E-state index contributed by atoms with van der Waals surface area (Å²) in [7, 11) is 0. The van der Waals surface area contributed by atoms with E-state index in [9.17, 15) is 14.9 Å². The first-order valence-electron chi connectivity index (χ1n) is 6.84. The molecule has 6 heteroatoms. The summed E-state index contributed by atoms with van der Waals surface area (Å²) >= 11 is 4.98. The van der Waals surface area contributed by atoms with Crippen LogP contribution in [-0.4, -0.2) is 28.2 Å². The predicted octanol–water partition coefficient (Wildman–Crippen LogP) is 2.15. The van der Waals surface area contributed by atoms with E-state index >= 15 is 0 Å². The van der Waals surface area contributed by atoms with Crippen LogP contribution in [0.1, 0.15) is 10.4 Å². The van der Waals surface area contributed by atoms with E-state index in [1.54, 1.807) is 12.1 Å². The Morgan fingerprint density at radius 1 is 1.26 bits per heavy atom. The van der Waals surface area contributed by atoms with Gasteiger partial charge in [-0.15, -0.1) is 0 Å². The average Bonchev–Trinajstić information content (AvgIpc) is 2.88. The fraction of sp³-hybridized carbons (Fsp3) is 0.0588. The minimum atomic E-state index is -0.402. The summed E-state index contributed by atoms with van der Waals surface area (Å²) in [6, 6.07) is 14.8. The van der Waals surface area contributed by atoms with E-state index in [0.717, 1.165) is 10.8 Å². The summed E-state index contributed by atoms with van der Waals surface area (Å²) in [6.07, 6.45) is 1.32. The molecular weight excluding hydrogens is 310 g/mol. The van der Waals surface area contributed by atoms with Gasteiger partial charge in [-0.3, -0.25) is 9.59 Å². The molecule has 1 aliphatic rings. The molecule has 0 aromatic heterocycles. The maximum atomic E-state index is 12.5. The Morgan fingerprint density at radius 3 is 2.65 bits per heavy atom. The summed E-state index contributed by atoms with van der Waals surface area (Å²) in [5, 5.41) is 13.8. The lowest BCUT2D eigenvalue weighted by Gasteiger charge is -2.10. The first kappa shape index (κ1) is 14.9. The lowest BCUT2D eigenvalue weighted by Crippen LogP contribution is -2.24. The Morgan fingerprint density at radius 2 is 2.00 bits per heavy atom. The number of hydrogen-bond donors (Lipinski definition) is 1. The van der Waals surface area contributed by atoms with Crippen LogP contribution in [0.4, 0.5) is 0 Å². The smallest absolute Gasteiger partial charge is 0.246 e. The third kappa shape index (κ3) is 2.96. The van der Waals surface area contributed by atoms with Gasteiger partial charge in [-0.1, -0.05) is 36.4 Å². The van der Waals surface area contributed by atoms with Crippen molar-refractivity contribution in [1.29, 1.82) is 5.26 Å². The number of benzene rings is 2. The molecule has 1 heterocycles. The molecule has 112 valence electrons. The highest BCUT2D eigenvalue weighted by molar-refractivity contribution is 7.80. The van der Waals surface area contributed by atoms with Gasteiger partial charge in [0, 0.05) is 11.8 Å². The topological polar surface area (TPSA) is 73.2 Å². The number of nitriles is 1. The van der Waals surface area contributed by atoms with Gasteiger partial charge < -0.3 is 10.2 Å². The molecule has 1 saturated heterocycles. The normalized spacial score (nSPS) is 14.7. The summed E-state index contributed by atoms with van der Waals surface area (Å²) in [4.78, 5) is 25.2. The fourth-order valence-electron chi connectivity index (χ4n) is 2.34. The van der Waals surface area contributed by atoms with E-state index in [4.69, 9.17) is 12.2 Å². The van der Waals surface area contributed by atoms with Crippen molar-refractivity contribution < 1.29 is 9.59 Å². The van der Waals surface area contributed by atoms with Crippen LogP contribution in [0.3, 0.4) is 0 Å². The highest BCUT2D eigenvalue weighted by Gasteiger charge is 2.23. The Bertz CT molecular complexity index is 911. The van der Waals surface area contributed by atoms with Crippen molar-refractivity contribution in [3.05, 3.63) is 59.8 Å². The first-order valence-corrected chi connectivity index (χ1v) is 7.25. The highest BCUT2D eigenvalue weighted by Crippen LogP contribution is 2.18. The van der Waals surface area contributed by atoms with E-state index < -0.39 is 5.78 Å². The summed E-state index contributed by atoms with van der Waals surface area (Å²) in [5.74, 6) is -0.665. The van der Waals surface area contributed by atoms with Crippen LogP contribution in [0.15, 0.2) is 54.2 Å². The fourth-order valence-corrected chi connectivity index (χ4v) is 2.57. The van der Waals surface area contributed by atoms with Crippen molar-refractivity contribution in [3.8, 4) is 6.07 Å². The van der Waals surface area contributed by atoms with E-state index in [1.807, 2.05) is 36.4 Å². The lowest BCUT2D eigenvalue weighted by molar-refractivity contribution is -0.118. The molecular formula is C17H11N3O2S. The number of carbonyl (C=O) groups is 2. The van der Waals surface area contributed by atoms with Crippen LogP contribution in [0.2, 0.25) is 0 Å². The molecule has 0 radical (unpaired) electrons. The van der Waals surface area contributed by atoms with Crippen molar-refractivity contribution in [1.82, 2.24) is 10.2 Å². The molecule has 3 rings (SSSR count). The van der Waals surface area contributed by atoms with E-state index in [0.29, 0.717) is 5.56 Å². The number of amides is 1. The number of nitrogens with zero attached hydrogens (tertiary/aromatic N) is 2. The standard InChI is InChI=1S/C17H11N3O2S/c18-8-14(9-20-10-15(21)19-17(20)23)16(22)13-6-5-11-3-1-2-4-12(11)7-13/h1-7,9H,10H2,(H,19,21,23)/b14-9-. The van der Waals surface area contributed by atoms with E-state index in [1.165, 1.54) is 11.1 Å². The van der Waals surface area contributed by atoms with Gasteiger partial charge in [-0.25, -0.2) is 0 Å². The van der Waals surface area contributed by atoms with E-state index in [-0.39, 0.29) is 23.1 Å². The average molecular weight is 321 g/mol. The number of thiocarbonyl (C=S) groups is 1. The molecule has 0 atom stereocenters. The maximum absolute atomic E-state index is 12.5. The Kier molecular flexibility index (Phi) is 3.87. The second kappa shape index (κ2) is 5.99. The van der Waals surface area contributed by atoms with Gasteiger partial charge in [0.15, 0.2) is 5.11 Å². The Hall–Kier alpha value is -3.04. The van der Waals surface area contributed by atoms with E-state index in [2.05, 4.69) is 5.32 Å². The van der Waals surface area contributed by atoms with Crippen molar-refractivity contribution in [2.75, 3.05) is 6.54 Å².